The summed E-state index contributed by atoms with van der Waals surface area (Å²) < 4.78 is 5.45. The molecular weight excluding hydrogens is 432 g/mol. The number of carbonyl (C=O) groups is 3. The number of fused-ring (bicyclic) bond motifs is 1. The molecule has 4 atom stereocenters. The molecule has 31 heavy (non-hydrogen) atoms. The minimum absolute atomic E-state index is 0.215. The van der Waals surface area contributed by atoms with Crippen molar-refractivity contribution in [3.8, 4) is 0 Å². The van der Waals surface area contributed by atoms with Gasteiger partial charge in [-0.25, -0.2) is 4.90 Å². The zero-order chi connectivity index (χ0) is 22.2. The van der Waals surface area contributed by atoms with Gasteiger partial charge < -0.3 is 4.74 Å². The molecule has 0 bridgehead atoms. The fraction of sp³-hybridized carbons (Fsp3) is 0.435. The molecule has 2 aliphatic heterocycles. The van der Waals surface area contributed by atoms with Gasteiger partial charge in [0.1, 0.15) is 5.54 Å². The lowest BCUT2D eigenvalue weighted by atomic mass is 9.78. The Hall–Kier alpha value is -2.16. The topological polar surface area (TPSA) is 75.7 Å². The quantitative estimate of drug-likeness (QED) is 0.505. The van der Waals surface area contributed by atoms with E-state index in [9.17, 15) is 14.4 Å². The van der Waals surface area contributed by atoms with Crippen LogP contribution in [-0.2, 0) is 19.1 Å². The van der Waals surface area contributed by atoms with Crippen molar-refractivity contribution in [1.29, 1.82) is 0 Å². The Morgan fingerprint density at radius 1 is 1.23 bits per heavy atom. The smallest absolute Gasteiger partial charge is 0.327 e. The lowest BCUT2D eigenvalue weighted by Crippen LogP contribution is -2.57. The van der Waals surface area contributed by atoms with Gasteiger partial charge in [-0.05, 0) is 55.9 Å². The molecule has 2 amide bonds. The first-order valence-corrected chi connectivity index (χ1v) is 12.6. The average molecular weight is 459 g/mol. The van der Waals surface area contributed by atoms with Crippen LogP contribution in [0.4, 0.5) is 5.69 Å². The molecule has 0 unspecified atom stereocenters. The van der Waals surface area contributed by atoms with Gasteiger partial charge >= 0.3 is 5.97 Å². The number of esters is 1. The molecule has 2 aromatic rings. The minimum Gasteiger partial charge on any atom is -0.465 e. The van der Waals surface area contributed by atoms with E-state index in [1.165, 1.54) is 16.2 Å². The van der Waals surface area contributed by atoms with Crippen molar-refractivity contribution >= 4 is 46.6 Å². The Labute approximate surface area is 190 Å². The fourth-order valence-electron chi connectivity index (χ4n) is 4.71. The Balaban J connectivity index is 1.83. The van der Waals surface area contributed by atoms with E-state index in [0.717, 1.165) is 10.4 Å². The predicted molar refractivity (Wildman–Crippen MR) is 123 cm³/mol. The SMILES string of the molecule is CCOC(=O)[C@]1(CCSC)N[C@@H](c2cccs2)[C@H]2C(=O)N(c3ccc(C)cc3)C(=O)[C@H]21. The van der Waals surface area contributed by atoms with Crippen molar-refractivity contribution in [1.82, 2.24) is 5.32 Å². The maximum absolute atomic E-state index is 13.7. The molecule has 3 heterocycles. The predicted octanol–water partition coefficient (Wildman–Crippen LogP) is 3.56. The van der Waals surface area contributed by atoms with Gasteiger partial charge in [-0.1, -0.05) is 23.8 Å². The molecule has 0 radical (unpaired) electrons. The molecule has 8 heteroatoms. The Bertz CT molecular complexity index is 976. The maximum atomic E-state index is 13.7. The van der Waals surface area contributed by atoms with Crippen molar-refractivity contribution in [3.63, 3.8) is 0 Å². The van der Waals surface area contributed by atoms with E-state index < -0.39 is 29.4 Å². The Morgan fingerprint density at radius 3 is 2.58 bits per heavy atom. The fourth-order valence-corrected chi connectivity index (χ4v) is 6.06. The van der Waals surface area contributed by atoms with Crippen LogP contribution < -0.4 is 10.2 Å². The molecule has 0 aliphatic carbocycles. The number of anilines is 1. The van der Waals surface area contributed by atoms with Gasteiger partial charge in [0.15, 0.2) is 0 Å². The summed E-state index contributed by atoms with van der Waals surface area (Å²) in [5, 5.41) is 5.37. The van der Waals surface area contributed by atoms with Gasteiger partial charge in [0.05, 0.1) is 30.2 Å². The summed E-state index contributed by atoms with van der Waals surface area (Å²) in [5.74, 6) is -1.85. The molecule has 0 spiro atoms. The number of ether oxygens (including phenoxy) is 1. The number of nitrogens with one attached hydrogen (secondary N) is 1. The molecule has 2 aliphatic rings. The lowest BCUT2D eigenvalue weighted by molar-refractivity contribution is -0.154. The summed E-state index contributed by atoms with van der Waals surface area (Å²) in [7, 11) is 0. The number of rotatable bonds is 7. The van der Waals surface area contributed by atoms with E-state index in [1.54, 1.807) is 30.8 Å². The summed E-state index contributed by atoms with van der Waals surface area (Å²) in [5.41, 5.74) is 0.356. The van der Waals surface area contributed by atoms with Gasteiger partial charge in [-0.15, -0.1) is 11.3 Å². The second-order valence-corrected chi connectivity index (χ2v) is 9.89. The summed E-state index contributed by atoms with van der Waals surface area (Å²) in [6, 6.07) is 10.8. The highest BCUT2D eigenvalue weighted by atomic mass is 32.2. The van der Waals surface area contributed by atoms with E-state index in [-0.39, 0.29) is 18.4 Å². The van der Waals surface area contributed by atoms with Gasteiger partial charge in [0.25, 0.3) is 0 Å². The summed E-state index contributed by atoms with van der Waals surface area (Å²) >= 11 is 3.12. The summed E-state index contributed by atoms with van der Waals surface area (Å²) in [4.78, 5) is 42.9. The first-order valence-electron chi connectivity index (χ1n) is 10.4. The zero-order valence-corrected chi connectivity index (χ0v) is 19.4. The monoisotopic (exact) mass is 458 g/mol. The van der Waals surface area contributed by atoms with Crippen molar-refractivity contribution in [2.24, 2.45) is 11.8 Å². The van der Waals surface area contributed by atoms with Crippen LogP contribution in [0, 0.1) is 18.8 Å². The number of imide groups is 1. The number of carbonyl (C=O) groups excluding carboxylic acids is 3. The molecule has 164 valence electrons. The van der Waals surface area contributed by atoms with Crippen molar-refractivity contribution in [2.75, 3.05) is 23.5 Å². The standard InChI is InChI=1S/C23H26N2O4S2/c1-4-29-22(28)23(11-13-30-3)18-17(19(24-23)16-6-5-12-31-16)20(26)25(21(18)27)15-9-7-14(2)8-10-15/h5-10,12,17-19,24H,4,11,13H2,1-3H3/t17-,18-,19-,23+/m0/s1. The third kappa shape index (κ3) is 3.60. The first kappa shape index (κ1) is 22.0. The Morgan fingerprint density at radius 2 is 1.97 bits per heavy atom. The van der Waals surface area contributed by atoms with Crippen molar-refractivity contribution in [3.05, 3.63) is 52.2 Å². The number of nitrogens with zero attached hydrogens (tertiary/aromatic N) is 1. The molecule has 0 saturated carbocycles. The van der Waals surface area contributed by atoms with Crippen LogP contribution in [0.3, 0.4) is 0 Å². The van der Waals surface area contributed by atoms with E-state index in [0.29, 0.717) is 17.9 Å². The molecule has 1 aromatic carbocycles. The highest BCUT2D eigenvalue weighted by Gasteiger charge is 2.68. The molecule has 4 rings (SSSR count). The van der Waals surface area contributed by atoms with Gasteiger partial charge in [-0.3, -0.25) is 19.7 Å². The maximum Gasteiger partial charge on any atom is 0.327 e. The van der Waals surface area contributed by atoms with Crippen LogP contribution in [0.1, 0.15) is 29.8 Å². The third-order valence-corrected chi connectivity index (χ3v) is 7.70. The summed E-state index contributed by atoms with van der Waals surface area (Å²) in [6.45, 7) is 3.92. The first-order chi connectivity index (χ1) is 14.9. The number of amides is 2. The largest absolute Gasteiger partial charge is 0.465 e. The van der Waals surface area contributed by atoms with E-state index in [4.69, 9.17) is 4.74 Å². The van der Waals surface area contributed by atoms with Crippen LogP contribution in [0.25, 0.3) is 0 Å². The average Bonchev–Trinajstić information content (AvgIpc) is 3.45. The summed E-state index contributed by atoms with van der Waals surface area (Å²) in [6.07, 6.45) is 2.37. The zero-order valence-electron chi connectivity index (χ0n) is 17.8. The highest BCUT2D eigenvalue weighted by Crippen LogP contribution is 2.52. The lowest BCUT2D eigenvalue weighted by Gasteiger charge is -2.32. The number of aryl methyl sites for hydroxylation is 1. The molecule has 6 nitrogen and oxygen atoms in total. The van der Waals surface area contributed by atoms with Crippen LogP contribution in [-0.4, -0.2) is 41.9 Å². The van der Waals surface area contributed by atoms with Gasteiger partial charge in [0, 0.05) is 4.88 Å². The second-order valence-electron chi connectivity index (χ2n) is 7.92. The third-order valence-electron chi connectivity index (χ3n) is 6.14. The number of thiophene rings is 1. The molecule has 2 saturated heterocycles. The van der Waals surface area contributed by atoms with Crippen LogP contribution in [0.2, 0.25) is 0 Å². The molecular formula is C23H26N2O4S2. The highest BCUT2D eigenvalue weighted by molar-refractivity contribution is 7.98. The number of benzene rings is 1. The molecule has 1 N–H and O–H groups in total. The Kier molecular flexibility index (Phi) is 6.23. The van der Waals surface area contributed by atoms with Gasteiger partial charge in [0.2, 0.25) is 11.8 Å². The van der Waals surface area contributed by atoms with E-state index in [2.05, 4.69) is 5.32 Å². The number of hydrogen-bond acceptors (Lipinski definition) is 7. The van der Waals surface area contributed by atoms with Crippen molar-refractivity contribution in [2.45, 2.75) is 31.8 Å². The van der Waals surface area contributed by atoms with E-state index in [1.807, 2.05) is 42.8 Å². The molecule has 1 aromatic heterocycles. The number of thioether (sulfide) groups is 1. The number of hydrogen-bond donors (Lipinski definition) is 1. The van der Waals surface area contributed by atoms with Crippen LogP contribution in [0.15, 0.2) is 41.8 Å². The minimum atomic E-state index is -1.23. The molecule has 2 fully saturated rings. The van der Waals surface area contributed by atoms with Crippen molar-refractivity contribution < 1.29 is 19.1 Å². The van der Waals surface area contributed by atoms with Gasteiger partial charge in [-0.2, -0.15) is 11.8 Å². The second kappa shape index (κ2) is 8.76. The van der Waals surface area contributed by atoms with E-state index >= 15 is 0 Å². The van der Waals surface area contributed by atoms with Crippen LogP contribution >= 0.6 is 23.1 Å². The normalized spacial score (nSPS) is 27.6. The van der Waals surface area contributed by atoms with Crippen LogP contribution in [0.5, 0.6) is 0 Å².